The molecule has 0 aliphatic carbocycles. The molecule has 25 heavy (non-hydrogen) atoms. The molecule has 0 aliphatic rings. The number of carbonyl (C=O) groups excluding carboxylic acids is 1. The Bertz CT molecular complexity index is 722. The lowest BCUT2D eigenvalue weighted by Gasteiger charge is -2.07. The Balaban J connectivity index is 1.76. The number of carbonyl (C=O) groups is 1. The number of ether oxygens (including phenoxy) is 1. The first-order valence-electron chi connectivity index (χ1n) is 8.20. The fraction of sp³-hybridized carbons (Fsp3) is 0.200. The first kappa shape index (κ1) is 18.3. The molecule has 0 heterocycles. The lowest BCUT2D eigenvalue weighted by molar-refractivity contribution is -0.119. The Hall–Kier alpha value is -3.08. The number of amides is 1. The Morgan fingerprint density at radius 3 is 2.52 bits per heavy atom. The number of allylic oxidation sites excluding steroid dienone is 1. The van der Waals surface area contributed by atoms with Crippen molar-refractivity contribution >= 4 is 23.4 Å². The molecule has 2 aromatic rings. The molecule has 0 saturated carbocycles. The molecular formula is C20H23N3O2. The van der Waals surface area contributed by atoms with Crippen LogP contribution in [0.5, 0.6) is 5.75 Å². The van der Waals surface area contributed by atoms with Crippen LogP contribution in [-0.2, 0) is 4.79 Å². The Morgan fingerprint density at radius 2 is 1.84 bits per heavy atom. The fourth-order valence-electron chi connectivity index (χ4n) is 2.03. The van der Waals surface area contributed by atoms with Gasteiger partial charge < -0.3 is 10.1 Å². The van der Waals surface area contributed by atoms with Crippen LogP contribution >= 0.6 is 0 Å². The number of hydrogen-bond acceptors (Lipinski definition) is 4. The summed E-state index contributed by atoms with van der Waals surface area (Å²) in [5.74, 6) is 0.601. The summed E-state index contributed by atoms with van der Waals surface area (Å²) in [6.45, 7) is 4.55. The average Bonchev–Trinajstić information content (AvgIpc) is 2.65. The number of benzene rings is 2. The van der Waals surface area contributed by atoms with Gasteiger partial charge in [0.2, 0.25) is 0 Å². The minimum atomic E-state index is -0.207. The third kappa shape index (κ3) is 6.91. The van der Waals surface area contributed by atoms with Gasteiger partial charge in [-0.2, -0.15) is 5.10 Å². The van der Waals surface area contributed by atoms with Crippen LogP contribution in [0.25, 0.3) is 6.08 Å². The Kier molecular flexibility index (Phi) is 7.25. The zero-order chi connectivity index (χ0) is 17.9. The standard InChI is InChI=1S/C20H23N3O2/c1-3-25-19-13-11-18(12-14-19)21-15-20(24)23-22-16(2)9-10-17-7-5-4-6-8-17/h4-14,21H,3,15H2,1-2H3,(H,23,24)/b10-9-,22-16?. The minimum absolute atomic E-state index is 0.146. The van der Waals surface area contributed by atoms with Crippen molar-refractivity contribution in [1.29, 1.82) is 0 Å². The van der Waals surface area contributed by atoms with E-state index in [0.29, 0.717) is 6.61 Å². The summed E-state index contributed by atoms with van der Waals surface area (Å²) in [6.07, 6.45) is 3.80. The summed E-state index contributed by atoms with van der Waals surface area (Å²) in [6, 6.07) is 17.4. The lowest BCUT2D eigenvalue weighted by Crippen LogP contribution is -2.26. The zero-order valence-corrected chi connectivity index (χ0v) is 14.5. The number of hydrogen-bond donors (Lipinski definition) is 2. The molecule has 0 aliphatic heterocycles. The second-order valence-electron chi connectivity index (χ2n) is 5.34. The molecule has 0 aromatic heterocycles. The van der Waals surface area contributed by atoms with Gasteiger partial charge in [-0.15, -0.1) is 0 Å². The van der Waals surface area contributed by atoms with Crippen LogP contribution in [0.15, 0.2) is 65.8 Å². The van der Waals surface area contributed by atoms with Crippen molar-refractivity contribution in [1.82, 2.24) is 5.43 Å². The third-order valence-electron chi connectivity index (χ3n) is 3.29. The first-order chi connectivity index (χ1) is 12.2. The van der Waals surface area contributed by atoms with Crippen molar-refractivity contribution in [3.8, 4) is 5.75 Å². The molecule has 2 rings (SSSR count). The van der Waals surface area contributed by atoms with Crippen LogP contribution in [0.1, 0.15) is 19.4 Å². The van der Waals surface area contributed by atoms with Crippen LogP contribution in [0.2, 0.25) is 0 Å². The molecule has 0 fully saturated rings. The van der Waals surface area contributed by atoms with Gasteiger partial charge in [0, 0.05) is 5.69 Å². The summed E-state index contributed by atoms with van der Waals surface area (Å²) >= 11 is 0. The van der Waals surface area contributed by atoms with E-state index in [9.17, 15) is 4.79 Å². The van der Waals surface area contributed by atoms with Gasteiger partial charge in [-0.1, -0.05) is 36.4 Å². The molecule has 2 aromatic carbocycles. The summed E-state index contributed by atoms with van der Waals surface area (Å²) < 4.78 is 5.37. The number of nitrogens with one attached hydrogen (secondary N) is 2. The van der Waals surface area contributed by atoms with Crippen LogP contribution in [0, 0.1) is 0 Å². The maximum atomic E-state index is 11.8. The van der Waals surface area contributed by atoms with Gasteiger partial charge in [0.25, 0.3) is 5.91 Å². The number of rotatable bonds is 8. The SMILES string of the molecule is CCOc1ccc(NCC(=O)NN=C(C)/C=C\c2ccccc2)cc1. The van der Waals surface area contributed by atoms with Gasteiger partial charge in [0.1, 0.15) is 5.75 Å². The topological polar surface area (TPSA) is 62.7 Å². The summed E-state index contributed by atoms with van der Waals surface area (Å²) in [7, 11) is 0. The van der Waals surface area contributed by atoms with E-state index in [-0.39, 0.29) is 12.5 Å². The first-order valence-corrected chi connectivity index (χ1v) is 8.20. The molecule has 130 valence electrons. The van der Waals surface area contributed by atoms with E-state index in [1.54, 1.807) is 0 Å². The minimum Gasteiger partial charge on any atom is -0.494 e. The molecule has 0 atom stereocenters. The van der Waals surface area contributed by atoms with Crippen molar-refractivity contribution in [3.63, 3.8) is 0 Å². The average molecular weight is 337 g/mol. The smallest absolute Gasteiger partial charge is 0.259 e. The largest absolute Gasteiger partial charge is 0.494 e. The summed E-state index contributed by atoms with van der Waals surface area (Å²) in [5, 5.41) is 7.10. The van der Waals surface area contributed by atoms with Crippen molar-refractivity contribution in [2.24, 2.45) is 5.10 Å². The predicted molar refractivity (Wildman–Crippen MR) is 103 cm³/mol. The highest BCUT2D eigenvalue weighted by Gasteiger charge is 2.00. The molecule has 0 bridgehead atoms. The van der Waals surface area contributed by atoms with Crippen molar-refractivity contribution in [2.45, 2.75) is 13.8 Å². The number of nitrogens with zero attached hydrogens (tertiary/aromatic N) is 1. The van der Waals surface area contributed by atoms with Gasteiger partial charge in [-0.3, -0.25) is 4.79 Å². The molecule has 0 saturated heterocycles. The van der Waals surface area contributed by atoms with Crippen LogP contribution in [-0.4, -0.2) is 24.8 Å². The Morgan fingerprint density at radius 1 is 1.12 bits per heavy atom. The molecule has 5 nitrogen and oxygen atoms in total. The molecule has 0 unspecified atom stereocenters. The van der Waals surface area contributed by atoms with E-state index < -0.39 is 0 Å². The fourth-order valence-corrected chi connectivity index (χ4v) is 2.03. The zero-order valence-electron chi connectivity index (χ0n) is 14.5. The van der Waals surface area contributed by atoms with Crippen LogP contribution in [0.3, 0.4) is 0 Å². The van der Waals surface area contributed by atoms with Crippen molar-refractivity contribution in [2.75, 3.05) is 18.5 Å². The molecular weight excluding hydrogens is 314 g/mol. The van der Waals surface area contributed by atoms with E-state index >= 15 is 0 Å². The highest BCUT2D eigenvalue weighted by molar-refractivity contribution is 5.97. The lowest BCUT2D eigenvalue weighted by atomic mass is 10.2. The van der Waals surface area contributed by atoms with Gasteiger partial charge in [-0.25, -0.2) is 5.43 Å². The van der Waals surface area contributed by atoms with Gasteiger partial charge in [0.15, 0.2) is 0 Å². The highest BCUT2D eigenvalue weighted by atomic mass is 16.5. The summed E-state index contributed by atoms with van der Waals surface area (Å²) in [5.41, 5.74) is 5.19. The van der Waals surface area contributed by atoms with Crippen molar-refractivity contribution < 1.29 is 9.53 Å². The normalized spacial score (nSPS) is 11.4. The van der Waals surface area contributed by atoms with E-state index in [4.69, 9.17) is 4.74 Å². The predicted octanol–water partition coefficient (Wildman–Crippen LogP) is 3.70. The highest BCUT2D eigenvalue weighted by Crippen LogP contribution is 2.15. The monoisotopic (exact) mass is 337 g/mol. The second-order valence-corrected chi connectivity index (χ2v) is 5.34. The van der Waals surface area contributed by atoms with Crippen LogP contribution < -0.4 is 15.5 Å². The van der Waals surface area contributed by atoms with E-state index in [2.05, 4.69) is 15.8 Å². The van der Waals surface area contributed by atoms with Gasteiger partial charge in [-0.05, 0) is 49.8 Å². The number of anilines is 1. The van der Waals surface area contributed by atoms with E-state index in [0.717, 1.165) is 22.7 Å². The third-order valence-corrected chi connectivity index (χ3v) is 3.29. The second kappa shape index (κ2) is 9.93. The maximum Gasteiger partial charge on any atom is 0.259 e. The van der Waals surface area contributed by atoms with E-state index in [1.165, 1.54) is 0 Å². The van der Waals surface area contributed by atoms with Gasteiger partial charge >= 0.3 is 0 Å². The maximum absolute atomic E-state index is 11.8. The molecule has 1 amide bonds. The van der Waals surface area contributed by atoms with Crippen LogP contribution in [0.4, 0.5) is 5.69 Å². The molecule has 0 spiro atoms. The van der Waals surface area contributed by atoms with Crippen molar-refractivity contribution in [3.05, 3.63) is 66.2 Å². The summed E-state index contributed by atoms with van der Waals surface area (Å²) in [4.78, 5) is 11.8. The molecule has 5 heteroatoms. The van der Waals surface area contributed by atoms with E-state index in [1.807, 2.05) is 80.6 Å². The molecule has 2 N–H and O–H groups in total. The molecule has 0 radical (unpaired) electrons. The quantitative estimate of drug-likeness (QED) is 0.570. The number of hydrazone groups is 1. The Labute approximate surface area is 148 Å². The van der Waals surface area contributed by atoms with Gasteiger partial charge in [0.05, 0.1) is 18.9 Å².